The molecule has 0 amide bonds. The van der Waals surface area contributed by atoms with Crippen LogP contribution in [0.3, 0.4) is 0 Å². The molecule has 0 saturated heterocycles. The standard InChI is InChI=1S/C15H20O4/c1-18-15-9-11(10-16)7-8-14(15)19-13-6-4-2-3-5-12(13)17/h7-10,12-13,17H,2-6H2,1H3. The summed E-state index contributed by atoms with van der Waals surface area (Å²) in [6.45, 7) is 0. The molecule has 1 aliphatic rings. The minimum Gasteiger partial charge on any atom is -0.493 e. The van der Waals surface area contributed by atoms with Crippen LogP contribution in [0.15, 0.2) is 18.2 Å². The lowest BCUT2D eigenvalue weighted by atomic mass is 10.1. The van der Waals surface area contributed by atoms with Gasteiger partial charge in [-0.3, -0.25) is 4.79 Å². The van der Waals surface area contributed by atoms with Crippen LogP contribution in [0, 0.1) is 0 Å². The molecule has 2 atom stereocenters. The minimum absolute atomic E-state index is 0.196. The maximum Gasteiger partial charge on any atom is 0.161 e. The summed E-state index contributed by atoms with van der Waals surface area (Å²) in [6.07, 6.45) is 5.01. The highest BCUT2D eigenvalue weighted by molar-refractivity contribution is 5.76. The van der Waals surface area contributed by atoms with Gasteiger partial charge in [0.05, 0.1) is 13.2 Å². The van der Waals surface area contributed by atoms with Gasteiger partial charge in [-0.25, -0.2) is 0 Å². The van der Waals surface area contributed by atoms with Gasteiger partial charge in [0.25, 0.3) is 0 Å². The average molecular weight is 264 g/mol. The summed E-state index contributed by atoms with van der Waals surface area (Å²) in [6, 6.07) is 5.06. The lowest BCUT2D eigenvalue weighted by molar-refractivity contribution is 0.0305. The van der Waals surface area contributed by atoms with Gasteiger partial charge in [0.1, 0.15) is 12.4 Å². The number of carbonyl (C=O) groups excluding carboxylic acids is 1. The van der Waals surface area contributed by atoms with E-state index in [0.717, 1.165) is 38.4 Å². The molecule has 1 fully saturated rings. The SMILES string of the molecule is COc1cc(C=O)ccc1OC1CCCCCC1O. The number of methoxy groups -OCH3 is 1. The zero-order valence-corrected chi connectivity index (χ0v) is 11.2. The quantitative estimate of drug-likeness (QED) is 0.671. The van der Waals surface area contributed by atoms with Crippen molar-refractivity contribution in [1.29, 1.82) is 0 Å². The molecular weight excluding hydrogens is 244 g/mol. The van der Waals surface area contributed by atoms with Gasteiger partial charge in [-0.15, -0.1) is 0 Å². The number of aliphatic hydroxyl groups excluding tert-OH is 1. The Morgan fingerprint density at radius 3 is 2.74 bits per heavy atom. The number of benzene rings is 1. The molecule has 1 N–H and O–H groups in total. The fraction of sp³-hybridized carbons (Fsp3) is 0.533. The van der Waals surface area contributed by atoms with Crippen molar-refractivity contribution < 1.29 is 19.4 Å². The van der Waals surface area contributed by atoms with Gasteiger partial charge < -0.3 is 14.6 Å². The first-order valence-electron chi connectivity index (χ1n) is 6.72. The molecule has 0 bridgehead atoms. The molecule has 104 valence electrons. The summed E-state index contributed by atoms with van der Waals surface area (Å²) < 4.78 is 11.1. The molecular formula is C15H20O4. The maximum absolute atomic E-state index is 10.7. The van der Waals surface area contributed by atoms with Gasteiger partial charge in [-0.05, 0) is 37.5 Å². The first kappa shape index (κ1) is 13.9. The largest absolute Gasteiger partial charge is 0.493 e. The fourth-order valence-electron chi connectivity index (χ4n) is 2.41. The summed E-state index contributed by atoms with van der Waals surface area (Å²) in [5, 5.41) is 10.1. The first-order valence-corrected chi connectivity index (χ1v) is 6.72. The van der Waals surface area contributed by atoms with E-state index < -0.39 is 6.10 Å². The predicted molar refractivity (Wildman–Crippen MR) is 71.9 cm³/mol. The normalized spacial score (nSPS) is 23.5. The smallest absolute Gasteiger partial charge is 0.161 e. The van der Waals surface area contributed by atoms with Crippen molar-refractivity contribution in [3.8, 4) is 11.5 Å². The Kier molecular flexibility index (Phi) is 4.80. The number of carbonyl (C=O) groups is 1. The van der Waals surface area contributed by atoms with E-state index in [2.05, 4.69) is 0 Å². The molecule has 2 unspecified atom stereocenters. The predicted octanol–water partition coefficient (Wildman–Crippen LogP) is 2.58. The van der Waals surface area contributed by atoms with Crippen molar-refractivity contribution >= 4 is 6.29 Å². The van der Waals surface area contributed by atoms with E-state index in [1.54, 1.807) is 25.3 Å². The van der Waals surface area contributed by atoms with Crippen LogP contribution in [0.25, 0.3) is 0 Å². The summed E-state index contributed by atoms with van der Waals surface area (Å²) in [5.74, 6) is 1.11. The molecule has 1 aromatic rings. The second-order valence-corrected chi connectivity index (χ2v) is 4.89. The van der Waals surface area contributed by atoms with Crippen LogP contribution in [0.1, 0.15) is 42.5 Å². The van der Waals surface area contributed by atoms with Crippen LogP contribution in [-0.2, 0) is 0 Å². The number of aldehydes is 1. The second-order valence-electron chi connectivity index (χ2n) is 4.89. The number of hydrogen-bond donors (Lipinski definition) is 1. The van der Waals surface area contributed by atoms with Crippen molar-refractivity contribution in [2.24, 2.45) is 0 Å². The van der Waals surface area contributed by atoms with E-state index in [-0.39, 0.29) is 6.10 Å². The molecule has 4 nitrogen and oxygen atoms in total. The third kappa shape index (κ3) is 3.47. The molecule has 1 saturated carbocycles. The van der Waals surface area contributed by atoms with Crippen molar-refractivity contribution in [3.63, 3.8) is 0 Å². The Hall–Kier alpha value is -1.55. The summed E-state index contributed by atoms with van der Waals surface area (Å²) >= 11 is 0. The molecule has 1 aromatic carbocycles. The number of ether oxygens (including phenoxy) is 2. The highest BCUT2D eigenvalue weighted by atomic mass is 16.5. The molecule has 2 rings (SSSR count). The van der Waals surface area contributed by atoms with E-state index >= 15 is 0 Å². The zero-order valence-electron chi connectivity index (χ0n) is 11.2. The lowest BCUT2D eigenvalue weighted by Crippen LogP contribution is -2.30. The Balaban J connectivity index is 2.14. The summed E-state index contributed by atoms with van der Waals surface area (Å²) in [7, 11) is 1.54. The Morgan fingerprint density at radius 2 is 2.00 bits per heavy atom. The van der Waals surface area contributed by atoms with Gasteiger partial charge >= 0.3 is 0 Å². The molecule has 0 aliphatic heterocycles. The van der Waals surface area contributed by atoms with Crippen LogP contribution in [0.4, 0.5) is 0 Å². The number of aliphatic hydroxyl groups is 1. The van der Waals surface area contributed by atoms with E-state index in [9.17, 15) is 9.90 Å². The Labute approximate surface area is 113 Å². The first-order chi connectivity index (χ1) is 9.24. The summed E-state index contributed by atoms with van der Waals surface area (Å²) in [5.41, 5.74) is 0.547. The third-order valence-corrected chi connectivity index (χ3v) is 3.52. The lowest BCUT2D eigenvalue weighted by Gasteiger charge is -2.23. The van der Waals surface area contributed by atoms with Gasteiger partial charge in [-0.2, -0.15) is 0 Å². The maximum atomic E-state index is 10.7. The summed E-state index contributed by atoms with van der Waals surface area (Å²) in [4.78, 5) is 10.7. The molecule has 0 radical (unpaired) electrons. The van der Waals surface area contributed by atoms with E-state index in [0.29, 0.717) is 17.1 Å². The van der Waals surface area contributed by atoms with Crippen molar-refractivity contribution in [1.82, 2.24) is 0 Å². The number of rotatable bonds is 4. The molecule has 0 heterocycles. The van der Waals surface area contributed by atoms with E-state index in [1.165, 1.54) is 0 Å². The topological polar surface area (TPSA) is 55.8 Å². The molecule has 19 heavy (non-hydrogen) atoms. The molecule has 1 aliphatic carbocycles. The van der Waals surface area contributed by atoms with E-state index in [4.69, 9.17) is 9.47 Å². The van der Waals surface area contributed by atoms with Crippen LogP contribution < -0.4 is 9.47 Å². The zero-order chi connectivity index (χ0) is 13.7. The van der Waals surface area contributed by atoms with Gasteiger partial charge in [0.2, 0.25) is 0 Å². The Bertz CT molecular complexity index is 430. The third-order valence-electron chi connectivity index (χ3n) is 3.52. The second kappa shape index (κ2) is 6.57. The Morgan fingerprint density at radius 1 is 1.21 bits per heavy atom. The monoisotopic (exact) mass is 264 g/mol. The van der Waals surface area contributed by atoms with Crippen LogP contribution in [-0.4, -0.2) is 30.7 Å². The molecule has 0 spiro atoms. The van der Waals surface area contributed by atoms with Gasteiger partial charge in [0, 0.05) is 5.56 Å². The molecule has 0 aromatic heterocycles. The van der Waals surface area contributed by atoms with Crippen molar-refractivity contribution in [2.75, 3.05) is 7.11 Å². The van der Waals surface area contributed by atoms with E-state index in [1.807, 2.05) is 0 Å². The van der Waals surface area contributed by atoms with Gasteiger partial charge in [0.15, 0.2) is 11.5 Å². The van der Waals surface area contributed by atoms with Crippen LogP contribution >= 0.6 is 0 Å². The van der Waals surface area contributed by atoms with Crippen LogP contribution in [0.5, 0.6) is 11.5 Å². The number of hydrogen-bond acceptors (Lipinski definition) is 4. The van der Waals surface area contributed by atoms with Crippen molar-refractivity contribution in [2.45, 2.75) is 44.3 Å². The van der Waals surface area contributed by atoms with Crippen LogP contribution in [0.2, 0.25) is 0 Å². The average Bonchev–Trinajstić information content (AvgIpc) is 2.64. The van der Waals surface area contributed by atoms with Crippen molar-refractivity contribution in [3.05, 3.63) is 23.8 Å². The van der Waals surface area contributed by atoms with Gasteiger partial charge in [-0.1, -0.05) is 12.8 Å². The minimum atomic E-state index is -0.432. The fourth-order valence-corrected chi connectivity index (χ4v) is 2.41. The highest BCUT2D eigenvalue weighted by Crippen LogP contribution is 2.31. The molecule has 4 heteroatoms. The highest BCUT2D eigenvalue weighted by Gasteiger charge is 2.24.